The van der Waals surface area contributed by atoms with Crippen LogP contribution in [0.15, 0.2) is 18.2 Å². The van der Waals surface area contributed by atoms with Crippen molar-refractivity contribution in [3.05, 3.63) is 23.8 Å². The topological polar surface area (TPSA) is 47.3 Å². The molecule has 92 valence electrons. The Morgan fingerprint density at radius 2 is 2.24 bits per heavy atom. The minimum absolute atomic E-state index is 0.479. The molecule has 1 saturated carbocycles. The number of hydrogen-bond acceptors (Lipinski definition) is 3. The third-order valence-corrected chi connectivity index (χ3v) is 4.05. The zero-order valence-corrected chi connectivity index (χ0v) is 10.3. The molecule has 2 atom stereocenters. The van der Waals surface area contributed by atoms with E-state index < -0.39 is 0 Å². The van der Waals surface area contributed by atoms with E-state index in [0.717, 1.165) is 18.2 Å². The molecular weight excluding hydrogens is 212 g/mol. The molecule has 3 heteroatoms. The molecule has 1 heterocycles. The van der Waals surface area contributed by atoms with Gasteiger partial charge in [-0.3, -0.25) is 0 Å². The summed E-state index contributed by atoms with van der Waals surface area (Å²) in [5, 5.41) is 3.66. The maximum absolute atomic E-state index is 5.92. The van der Waals surface area contributed by atoms with Crippen LogP contribution in [0.1, 0.15) is 30.7 Å². The summed E-state index contributed by atoms with van der Waals surface area (Å²) in [6, 6.07) is 6.91. The third-order valence-electron chi connectivity index (χ3n) is 4.05. The first kappa shape index (κ1) is 10.9. The van der Waals surface area contributed by atoms with Crippen LogP contribution in [0.25, 0.3) is 0 Å². The summed E-state index contributed by atoms with van der Waals surface area (Å²) in [5.41, 5.74) is 8.50. The predicted molar refractivity (Wildman–Crippen MR) is 69.5 cm³/mol. The Bertz CT molecular complexity index is 415. The fourth-order valence-corrected chi connectivity index (χ4v) is 2.86. The van der Waals surface area contributed by atoms with Crippen LogP contribution in [0.4, 0.5) is 5.69 Å². The van der Waals surface area contributed by atoms with Gasteiger partial charge >= 0.3 is 0 Å². The molecule has 17 heavy (non-hydrogen) atoms. The normalized spacial score (nSPS) is 27.2. The summed E-state index contributed by atoms with van der Waals surface area (Å²) in [6.45, 7) is 0.727. The van der Waals surface area contributed by atoms with Crippen LogP contribution in [-0.2, 0) is 0 Å². The minimum Gasteiger partial charge on any atom is -0.497 e. The van der Waals surface area contributed by atoms with Crippen molar-refractivity contribution in [2.75, 3.05) is 19.0 Å². The van der Waals surface area contributed by atoms with Crippen molar-refractivity contribution in [2.45, 2.75) is 31.2 Å². The molecule has 3 nitrogen and oxygen atoms in total. The first-order valence-electron chi connectivity index (χ1n) is 6.46. The van der Waals surface area contributed by atoms with Gasteiger partial charge in [-0.05, 0) is 55.5 Å². The number of ether oxygens (including phenoxy) is 1. The van der Waals surface area contributed by atoms with Crippen molar-refractivity contribution >= 4 is 5.69 Å². The number of fused-ring (bicyclic) bond motifs is 1. The SMILES string of the molecule is COc1ccc2c(c1)C(CN)CC(C1CC1)N2. The van der Waals surface area contributed by atoms with Crippen LogP contribution >= 0.6 is 0 Å². The number of methoxy groups -OCH3 is 1. The van der Waals surface area contributed by atoms with Crippen LogP contribution in [0, 0.1) is 5.92 Å². The first-order chi connectivity index (χ1) is 8.31. The quantitative estimate of drug-likeness (QED) is 0.841. The molecular formula is C14H20N2O. The Morgan fingerprint density at radius 3 is 2.88 bits per heavy atom. The summed E-state index contributed by atoms with van der Waals surface area (Å²) >= 11 is 0. The molecule has 1 aliphatic heterocycles. The highest BCUT2D eigenvalue weighted by Gasteiger charge is 2.36. The molecule has 0 radical (unpaired) electrons. The van der Waals surface area contributed by atoms with E-state index in [4.69, 9.17) is 10.5 Å². The van der Waals surface area contributed by atoms with Gasteiger partial charge in [0.2, 0.25) is 0 Å². The average molecular weight is 232 g/mol. The van der Waals surface area contributed by atoms with Gasteiger partial charge in [0.05, 0.1) is 7.11 Å². The van der Waals surface area contributed by atoms with E-state index in [0.29, 0.717) is 12.0 Å². The van der Waals surface area contributed by atoms with Crippen molar-refractivity contribution in [1.29, 1.82) is 0 Å². The lowest BCUT2D eigenvalue weighted by atomic mass is 9.85. The van der Waals surface area contributed by atoms with Gasteiger partial charge in [-0.15, -0.1) is 0 Å². The number of hydrogen-bond donors (Lipinski definition) is 2. The van der Waals surface area contributed by atoms with E-state index in [1.807, 2.05) is 6.07 Å². The zero-order chi connectivity index (χ0) is 11.8. The van der Waals surface area contributed by atoms with Crippen molar-refractivity contribution < 1.29 is 4.74 Å². The molecule has 3 rings (SSSR count). The van der Waals surface area contributed by atoms with Gasteiger partial charge in [0.25, 0.3) is 0 Å². The molecule has 0 aromatic heterocycles. The van der Waals surface area contributed by atoms with Gasteiger partial charge < -0.3 is 15.8 Å². The molecule has 1 aromatic carbocycles. The predicted octanol–water partition coefficient (Wildman–Crippen LogP) is 2.33. The Morgan fingerprint density at radius 1 is 1.41 bits per heavy atom. The largest absolute Gasteiger partial charge is 0.497 e. The lowest BCUT2D eigenvalue weighted by Crippen LogP contribution is -2.32. The summed E-state index contributed by atoms with van der Waals surface area (Å²) in [7, 11) is 1.71. The van der Waals surface area contributed by atoms with E-state index >= 15 is 0 Å². The van der Waals surface area contributed by atoms with Crippen LogP contribution in [-0.4, -0.2) is 19.7 Å². The highest BCUT2D eigenvalue weighted by Crippen LogP contribution is 2.43. The van der Waals surface area contributed by atoms with Crippen molar-refractivity contribution in [3.8, 4) is 5.75 Å². The van der Waals surface area contributed by atoms with Crippen molar-refractivity contribution in [1.82, 2.24) is 0 Å². The molecule has 1 fully saturated rings. The lowest BCUT2D eigenvalue weighted by molar-refractivity contribution is 0.412. The van der Waals surface area contributed by atoms with Crippen LogP contribution in [0.2, 0.25) is 0 Å². The van der Waals surface area contributed by atoms with Crippen molar-refractivity contribution in [3.63, 3.8) is 0 Å². The van der Waals surface area contributed by atoms with E-state index in [-0.39, 0.29) is 0 Å². The average Bonchev–Trinajstić information content (AvgIpc) is 3.21. The highest BCUT2D eigenvalue weighted by atomic mass is 16.5. The summed E-state index contributed by atoms with van der Waals surface area (Å²) in [6.07, 6.45) is 3.92. The van der Waals surface area contributed by atoms with Gasteiger partial charge in [0.15, 0.2) is 0 Å². The van der Waals surface area contributed by atoms with E-state index in [1.165, 1.54) is 30.5 Å². The monoisotopic (exact) mass is 232 g/mol. The number of benzene rings is 1. The first-order valence-corrected chi connectivity index (χ1v) is 6.46. The number of rotatable bonds is 3. The van der Waals surface area contributed by atoms with Crippen LogP contribution in [0.5, 0.6) is 5.75 Å². The Balaban J connectivity index is 1.91. The highest BCUT2D eigenvalue weighted by molar-refractivity contribution is 5.58. The maximum Gasteiger partial charge on any atom is 0.119 e. The van der Waals surface area contributed by atoms with Gasteiger partial charge in [-0.1, -0.05) is 0 Å². The van der Waals surface area contributed by atoms with Gasteiger partial charge in [0.1, 0.15) is 5.75 Å². The molecule has 1 aromatic rings. The van der Waals surface area contributed by atoms with E-state index in [1.54, 1.807) is 7.11 Å². The van der Waals surface area contributed by atoms with E-state index in [2.05, 4.69) is 17.4 Å². The molecule has 0 spiro atoms. The summed E-state index contributed by atoms with van der Waals surface area (Å²) < 4.78 is 5.29. The molecule has 2 aliphatic rings. The number of nitrogens with two attached hydrogens (primary N) is 1. The molecule has 0 amide bonds. The molecule has 0 bridgehead atoms. The summed E-state index contributed by atoms with van der Waals surface area (Å²) in [5.74, 6) is 2.28. The fourth-order valence-electron chi connectivity index (χ4n) is 2.86. The third kappa shape index (κ3) is 2.00. The fraction of sp³-hybridized carbons (Fsp3) is 0.571. The standard InChI is InChI=1S/C14H20N2O/c1-17-11-4-5-13-12(7-11)10(8-15)6-14(16-13)9-2-3-9/h4-5,7,9-10,14,16H,2-3,6,8,15H2,1H3. The molecule has 0 saturated heterocycles. The van der Waals surface area contributed by atoms with Gasteiger partial charge in [-0.25, -0.2) is 0 Å². The maximum atomic E-state index is 5.92. The second-order valence-electron chi connectivity index (χ2n) is 5.21. The van der Waals surface area contributed by atoms with Crippen LogP contribution in [0.3, 0.4) is 0 Å². The Hall–Kier alpha value is -1.22. The second kappa shape index (κ2) is 4.22. The van der Waals surface area contributed by atoms with Crippen molar-refractivity contribution in [2.24, 2.45) is 11.7 Å². The zero-order valence-electron chi connectivity index (χ0n) is 10.3. The Labute approximate surface area is 102 Å². The molecule has 3 N–H and O–H groups in total. The van der Waals surface area contributed by atoms with Gasteiger partial charge in [0, 0.05) is 17.6 Å². The smallest absolute Gasteiger partial charge is 0.119 e. The van der Waals surface area contributed by atoms with E-state index in [9.17, 15) is 0 Å². The summed E-state index contributed by atoms with van der Waals surface area (Å²) in [4.78, 5) is 0. The molecule has 2 unspecified atom stereocenters. The number of anilines is 1. The Kier molecular flexibility index (Phi) is 2.71. The number of nitrogens with one attached hydrogen (secondary N) is 1. The van der Waals surface area contributed by atoms with Gasteiger partial charge in [-0.2, -0.15) is 0 Å². The van der Waals surface area contributed by atoms with Crippen LogP contribution < -0.4 is 15.8 Å². The second-order valence-corrected chi connectivity index (χ2v) is 5.21. The minimum atomic E-state index is 0.479. The molecule has 1 aliphatic carbocycles. The lowest BCUT2D eigenvalue weighted by Gasteiger charge is -2.33.